The number of aromatic amines is 1. The molecule has 0 radical (unpaired) electrons. The van der Waals surface area contributed by atoms with Crippen molar-refractivity contribution in [1.82, 2.24) is 10.3 Å². The minimum Gasteiger partial charge on any atom is -1.00 e. The third-order valence-electron chi connectivity index (χ3n) is 5.66. The van der Waals surface area contributed by atoms with Gasteiger partial charge >= 0.3 is 0 Å². The lowest BCUT2D eigenvalue weighted by atomic mass is 9.93. The van der Waals surface area contributed by atoms with Gasteiger partial charge in [-0.3, -0.25) is 9.59 Å². The Morgan fingerprint density at radius 2 is 1.96 bits per heavy atom. The largest absolute Gasteiger partial charge is 1.00 e. The van der Waals surface area contributed by atoms with Crippen molar-refractivity contribution in [1.29, 1.82) is 0 Å². The minimum absolute atomic E-state index is 0. The van der Waals surface area contributed by atoms with Crippen molar-refractivity contribution in [2.24, 2.45) is 0 Å². The van der Waals surface area contributed by atoms with E-state index in [1.807, 2.05) is 6.08 Å². The number of amides is 1. The first-order valence-corrected chi connectivity index (χ1v) is 9.69. The van der Waals surface area contributed by atoms with Crippen molar-refractivity contribution >= 4 is 5.91 Å². The first-order chi connectivity index (χ1) is 12.5. The van der Waals surface area contributed by atoms with Crippen LogP contribution < -0.4 is 27.9 Å². The van der Waals surface area contributed by atoms with Crippen molar-refractivity contribution in [2.75, 3.05) is 32.7 Å². The van der Waals surface area contributed by atoms with Gasteiger partial charge in [-0.05, 0) is 45.6 Å². The normalized spacial score (nSPS) is 13.4. The fraction of sp³-hybridized carbons (Fsp3) is 0.600. The molecule has 0 saturated carbocycles. The molecular weight excluding hydrogens is 410 g/mol. The maximum atomic E-state index is 12.4. The van der Waals surface area contributed by atoms with Gasteiger partial charge in [0, 0.05) is 24.2 Å². The van der Waals surface area contributed by atoms with Crippen molar-refractivity contribution in [3.63, 3.8) is 0 Å². The van der Waals surface area contributed by atoms with Crippen LogP contribution in [0.1, 0.15) is 54.7 Å². The van der Waals surface area contributed by atoms with E-state index in [9.17, 15) is 14.7 Å². The molecule has 1 aliphatic rings. The first kappa shape index (κ1) is 23.4. The quantitative estimate of drug-likeness (QED) is 0.264. The molecular formula is C20H32BrN3O3. The number of nitrogens with zero attached hydrogens (tertiary/aromatic N) is 1. The SMILES string of the molecule is C=CC[N+](CC)(CC)CCCNC(=O)c1c(O)c2c([nH]c1=O)CCCC2.[Br-]. The second-order valence-electron chi connectivity index (χ2n) is 7.12. The molecule has 2 rings (SSSR count). The summed E-state index contributed by atoms with van der Waals surface area (Å²) < 4.78 is 0.935. The van der Waals surface area contributed by atoms with Gasteiger partial charge in [0.1, 0.15) is 11.3 Å². The van der Waals surface area contributed by atoms with Crippen molar-refractivity contribution in [3.05, 3.63) is 39.8 Å². The topological polar surface area (TPSA) is 82.2 Å². The van der Waals surface area contributed by atoms with Crippen molar-refractivity contribution in [2.45, 2.75) is 46.0 Å². The van der Waals surface area contributed by atoms with Crippen LogP contribution in [0.3, 0.4) is 0 Å². The van der Waals surface area contributed by atoms with Gasteiger partial charge < -0.3 is 36.9 Å². The number of fused-ring (bicyclic) bond motifs is 1. The highest BCUT2D eigenvalue weighted by Gasteiger charge is 2.24. The van der Waals surface area contributed by atoms with Gasteiger partial charge in [-0.15, -0.1) is 0 Å². The third kappa shape index (κ3) is 5.45. The number of aromatic hydroxyl groups is 1. The Bertz CT molecular complexity index is 711. The fourth-order valence-electron chi connectivity index (χ4n) is 3.84. The second-order valence-corrected chi connectivity index (χ2v) is 7.12. The van der Waals surface area contributed by atoms with Crippen LogP contribution in [-0.4, -0.2) is 53.2 Å². The highest BCUT2D eigenvalue weighted by molar-refractivity contribution is 5.96. The van der Waals surface area contributed by atoms with E-state index in [0.29, 0.717) is 13.0 Å². The molecule has 0 bridgehead atoms. The van der Waals surface area contributed by atoms with Crippen LogP contribution in [0.15, 0.2) is 17.4 Å². The lowest BCUT2D eigenvalue weighted by molar-refractivity contribution is -0.919. The van der Waals surface area contributed by atoms with E-state index in [4.69, 9.17) is 0 Å². The Labute approximate surface area is 172 Å². The van der Waals surface area contributed by atoms with E-state index in [-0.39, 0.29) is 28.3 Å². The summed E-state index contributed by atoms with van der Waals surface area (Å²) in [6.45, 7) is 12.5. The summed E-state index contributed by atoms with van der Waals surface area (Å²) in [4.78, 5) is 27.5. The van der Waals surface area contributed by atoms with E-state index >= 15 is 0 Å². The number of carbonyl (C=O) groups excluding carboxylic acids is 1. The summed E-state index contributed by atoms with van der Waals surface area (Å²) in [5.74, 6) is -0.633. The zero-order valence-electron chi connectivity index (χ0n) is 16.4. The number of aryl methyl sites for hydroxylation is 1. The van der Waals surface area contributed by atoms with E-state index in [0.717, 1.165) is 67.6 Å². The minimum atomic E-state index is -0.500. The number of hydrogen-bond acceptors (Lipinski definition) is 3. The third-order valence-corrected chi connectivity index (χ3v) is 5.66. The van der Waals surface area contributed by atoms with Crippen molar-refractivity contribution in [3.8, 4) is 5.75 Å². The molecule has 1 aromatic rings. The molecule has 0 atom stereocenters. The molecule has 1 aromatic heterocycles. The fourth-order valence-corrected chi connectivity index (χ4v) is 3.84. The van der Waals surface area contributed by atoms with Gasteiger partial charge in [-0.2, -0.15) is 0 Å². The molecule has 27 heavy (non-hydrogen) atoms. The number of H-pyrrole nitrogens is 1. The maximum Gasteiger partial charge on any atom is 0.264 e. The molecule has 7 heteroatoms. The molecule has 0 unspecified atom stereocenters. The van der Waals surface area contributed by atoms with E-state index in [2.05, 4.69) is 30.7 Å². The maximum absolute atomic E-state index is 12.4. The summed E-state index contributed by atoms with van der Waals surface area (Å²) in [7, 11) is 0. The highest BCUT2D eigenvalue weighted by Crippen LogP contribution is 2.28. The van der Waals surface area contributed by atoms with E-state index in [1.54, 1.807) is 0 Å². The summed E-state index contributed by atoms with van der Waals surface area (Å²) in [5.41, 5.74) is 0.843. The van der Waals surface area contributed by atoms with Gasteiger partial charge in [-0.25, -0.2) is 0 Å². The Hall–Kier alpha value is -1.60. The smallest absolute Gasteiger partial charge is 0.264 e. The van der Waals surface area contributed by atoms with E-state index < -0.39 is 11.5 Å². The number of rotatable bonds is 9. The number of likely N-dealkylation sites (N-methyl/N-ethyl adjacent to an activating group) is 1. The monoisotopic (exact) mass is 441 g/mol. The molecule has 0 aliphatic heterocycles. The number of halogens is 1. The van der Waals surface area contributed by atoms with Crippen molar-refractivity contribution < 1.29 is 31.4 Å². The van der Waals surface area contributed by atoms with Crippen LogP contribution in [0.2, 0.25) is 0 Å². The predicted octanol–water partition coefficient (Wildman–Crippen LogP) is -0.874. The standard InChI is InChI=1S/C20H31N3O3.BrH/c1-4-13-23(5-2,6-3)14-9-12-21-19(25)17-18(24)15-10-7-8-11-16(15)22-20(17)26;/h4H,1,5-14H2,2-3H3,(H2-,21,22,24,25,26);1H. The molecule has 152 valence electrons. The predicted molar refractivity (Wildman–Crippen MR) is 104 cm³/mol. The van der Waals surface area contributed by atoms with Crippen LogP contribution in [0.25, 0.3) is 0 Å². The van der Waals surface area contributed by atoms with Crippen LogP contribution >= 0.6 is 0 Å². The summed E-state index contributed by atoms with van der Waals surface area (Å²) in [6, 6.07) is 0. The van der Waals surface area contributed by atoms with Crippen LogP contribution in [0.5, 0.6) is 5.75 Å². The van der Waals surface area contributed by atoms with E-state index in [1.165, 1.54) is 0 Å². The lowest BCUT2D eigenvalue weighted by Crippen LogP contribution is -3.00. The molecule has 0 fully saturated rings. The molecule has 0 spiro atoms. The molecule has 1 heterocycles. The summed E-state index contributed by atoms with van der Waals surface area (Å²) >= 11 is 0. The Balaban J connectivity index is 0.00000364. The number of quaternary nitrogens is 1. The Kier molecular flexibility index (Phi) is 9.26. The molecule has 1 aliphatic carbocycles. The second kappa shape index (κ2) is 10.7. The van der Waals surface area contributed by atoms with Crippen LogP contribution in [0, 0.1) is 0 Å². The Morgan fingerprint density at radius 3 is 2.59 bits per heavy atom. The van der Waals surface area contributed by atoms with Gasteiger partial charge in [0.25, 0.3) is 11.5 Å². The number of hydrogen-bond donors (Lipinski definition) is 3. The number of nitrogens with one attached hydrogen (secondary N) is 2. The lowest BCUT2D eigenvalue weighted by Gasteiger charge is -2.36. The summed E-state index contributed by atoms with van der Waals surface area (Å²) in [5, 5.41) is 13.2. The van der Waals surface area contributed by atoms with Gasteiger partial charge in [0.05, 0.1) is 26.2 Å². The van der Waals surface area contributed by atoms with Crippen LogP contribution in [-0.2, 0) is 12.8 Å². The average Bonchev–Trinajstić information content (AvgIpc) is 2.64. The van der Waals surface area contributed by atoms with Gasteiger partial charge in [-0.1, -0.05) is 6.58 Å². The molecule has 0 saturated heterocycles. The highest BCUT2D eigenvalue weighted by atomic mass is 79.9. The van der Waals surface area contributed by atoms with Gasteiger partial charge in [0.15, 0.2) is 0 Å². The first-order valence-electron chi connectivity index (χ1n) is 9.69. The van der Waals surface area contributed by atoms with Gasteiger partial charge in [0.2, 0.25) is 0 Å². The van der Waals surface area contributed by atoms with Crippen LogP contribution in [0.4, 0.5) is 0 Å². The number of pyridine rings is 1. The zero-order chi connectivity index (χ0) is 19.2. The molecule has 6 nitrogen and oxygen atoms in total. The molecule has 0 aromatic carbocycles. The molecule has 3 N–H and O–H groups in total. The average molecular weight is 442 g/mol. The zero-order valence-corrected chi connectivity index (χ0v) is 18.0. The number of carbonyl (C=O) groups is 1. The Morgan fingerprint density at radius 1 is 1.30 bits per heavy atom. The molecule has 1 amide bonds. The summed E-state index contributed by atoms with van der Waals surface area (Å²) in [6.07, 6.45) is 6.16. The number of aromatic nitrogens is 1.